The Morgan fingerprint density at radius 2 is 0.984 bits per heavy atom. The maximum absolute atomic E-state index is 13.5. The monoisotopic (exact) mass is 932 g/mol. The summed E-state index contributed by atoms with van der Waals surface area (Å²) in [6, 6.07) is -1.70. The molecule has 0 aliphatic heterocycles. The summed E-state index contributed by atoms with van der Waals surface area (Å²) in [5.74, 6) is -1.32. The first-order valence-electron chi connectivity index (χ1n) is 26.2. The number of hydrogen-bond donors (Lipinski definition) is 7. The number of aliphatic hydroxyl groups is 2. The number of aliphatic hydroxyl groups excluding tert-OH is 2. The van der Waals surface area contributed by atoms with E-state index in [-0.39, 0.29) is 50.0 Å². The van der Waals surface area contributed by atoms with Gasteiger partial charge in [-0.3, -0.25) is 23.7 Å². The molecule has 378 valence electrons. The van der Waals surface area contributed by atoms with Crippen LogP contribution in [0.3, 0.4) is 0 Å². The van der Waals surface area contributed by atoms with Crippen molar-refractivity contribution in [2.75, 3.05) is 19.8 Å². The molecular formula is C50H98N3O10P. The molecular weight excluding hydrogens is 834 g/mol. The SMILES string of the molecule is CCCCCCCCCCCC(=O)C[C@H](CCCCCCCCCCC)CC(=O)NC(CCOP(=O)(O)O)C(=O)NCCCC(CO)NC(=O)C[C@@H](O)CCCCCCCCCCC. The molecule has 2 unspecified atom stereocenters. The minimum Gasteiger partial charge on any atom is -0.394 e. The predicted molar refractivity (Wildman–Crippen MR) is 260 cm³/mol. The van der Waals surface area contributed by atoms with E-state index in [0.29, 0.717) is 32.1 Å². The second-order valence-electron chi connectivity index (χ2n) is 18.6. The van der Waals surface area contributed by atoms with Crippen molar-refractivity contribution in [3.8, 4) is 0 Å². The minimum atomic E-state index is -4.81. The Balaban J connectivity index is 5.11. The Kier molecular flexibility index (Phi) is 42.4. The van der Waals surface area contributed by atoms with Gasteiger partial charge in [0, 0.05) is 32.2 Å². The van der Waals surface area contributed by atoms with Crippen LogP contribution in [0.4, 0.5) is 0 Å². The maximum atomic E-state index is 13.5. The Morgan fingerprint density at radius 1 is 0.531 bits per heavy atom. The third kappa shape index (κ3) is 41.5. The lowest BCUT2D eigenvalue weighted by atomic mass is 9.90. The van der Waals surface area contributed by atoms with E-state index in [1.54, 1.807) is 0 Å². The van der Waals surface area contributed by atoms with Gasteiger partial charge in [-0.2, -0.15) is 0 Å². The number of nitrogens with one attached hydrogen (secondary N) is 3. The molecule has 4 atom stereocenters. The normalized spacial score (nSPS) is 13.6. The number of phosphoric ester groups is 1. The minimum absolute atomic E-state index is 0.0458. The van der Waals surface area contributed by atoms with Crippen molar-refractivity contribution < 1.29 is 48.3 Å². The zero-order valence-corrected chi connectivity index (χ0v) is 42.0. The Bertz CT molecular complexity index is 1190. The smallest absolute Gasteiger partial charge is 0.394 e. The molecule has 0 aromatic rings. The van der Waals surface area contributed by atoms with Crippen LogP contribution >= 0.6 is 7.82 Å². The van der Waals surface area contributed by atoms with Gasteiger partial charge < -0.3 is 36.0 Å². The molecule has 0 rings (SSSR count). The van der Waals surface area contributed by atoms with E-state index < -0.39 is 44.4 Å². The molecule has 0 aromatic heterocycles. The topological polar surface area (TPSA) is 212 Å². The second kappa shape index (κ2) is 43.7. The van der Waals surface area contributed by atoms with Gasteiger partial charge >= 0.3 is 7.82 Å². The molecule has 0 bridgehead atoms. The first-order valence-corrected chi connectivity index (χ1v) is 27.7. The molecule has 0 aromatic carbocycles. The lowest BCUT2D eigenvalue weighted by Gasteiger charge is -2.22. The van der Waals surface area contributed by atoms with Crippen LogP contribution < -0.4 is 16.0 Å². The summed E-state index contributed by atoms with van der Waals surface area (Å²) < 4.78 is 16.0. The fourth-order valence-electron chi connectivity index (χ4n) is 8.34. The lowest BCUT2D eigenvalue weighted by Crippen LogP contribution is -2.48. The van der Waals surface area contributed by atoms with Crippen LogP contribution in [0.25, 0.3) is 0 Å². The van der Waals surface area contributed by atoms with Gasteiger partial charge in [-0.25, -0.2) is 4.57 Å². The van der Waals surface area contributed by atoms with Crippen molar-refractivity contribution in [2.24, 2.45) is 5.92 Å². The fraction of sp³-hybridized carbons (Fsp3) is 0.920. The third-order valence-corrected chi connectivity index (χ3v) is 12.8. The number of unbranched alkanes of at least 4 members (excludes halogenated alkanes) is 24. The average molecular weight is 932 g/mol. The summed E-state index contributed by atoms with van der Waals surface area (Å²) in [7, 11) is -4.81. The second-order valence-corrected chi connectivity index (χ2v) is 19.8. The van der Waals surface area contributed by atoms with Crippen molar-refractivity contribution in [3.05, 3.63) is 0 Å². The van der Waals surface area contributed by atoms with Gasteiger partial charge in [0.1, 0.15) is 11.8 Å². The molecule has 0 aliphatic rings. The number of hydrogen-bond acceptors (Lipinski definition) is 8. The highest BCUT2D eigenvalue weighted by Crippen LogP contribution is 2.35. The number of carbonyl (C=O) groups is 4. The molecule has 13 nitrogen and oxygen atoms in total. The Hall–Kier alpha value is -1.89. The zero-order chi connectivity index (χ0) is 47.5. The highest BCUT2D eigenvalue weighted by molar-refractivity contribution is 7.46. The largest absolute Gasteiger partial charge is 0.469 e. The quantitative estimate of drug-likeness (QED) is 0.0227. The number of Topliss-reactive ketones (excluding diaryl/α,β-unsaturated/α-hetero) is 1. The summed E-state index contributed by atoms with van der Waals surface area (Å²) in [5.41, 5.74) is 0. The van der Waals surface area contributed by atoms with Gasteiger partial charge in [0.25, 0.3) is 0 Å². The van der Waals surface area contributed by atoms with E-state index in [9.17, 15) is 43.7 Å². The van der Waals surface area contributed by atoms with Gasteiger partial charge in [-0.1, -0.05) is 188 Å². The number of phosphoric acid groups is 1. The molecule has 0 spiro atoms. The van der Waals surface area contributed by atoms with E-state index in [1.165, 1.54) is 116 Å². The summed E-state index contributed by atoms with van der Waals surface area (Å²) >= 11 is 0. The first-order chi connectivity index (χ1) is 30.8. The van der Waals surface area contributed by atoms with Crippen LogP contribution in [0.5, 0.6) is 0 Å². The molecule has 0 heterocycles. The zero-order valence-electron chi connectivity index (χ0n) is 41.1. The molecule has 14 heteroatoms. The summed E-state index contributed by atoms with van der Waals surface area (Å²) in [4.78, 5) is 71.1. The molecule has 7 N–H and O–H groups in total. The van der Waals surface area contributed by atoms with Gasteiger partial charge in [0.15, 0.2) is 0 Å². The van der Waals surface area contributed by atoms with Crippen LogP contribution in [0.2, 0.25) is 0 Å². The van der Waals surface area contributed by atoms with Crippen LogP contribution in [0, 0.1) is 5.92 Å². The van der Waals surface area contributed by atoms with E-state index in [4.69, 9.17) is 0 Å². The van der Waals surface area contributed by atoms with Gasteiger partial charge in [0.05, 0.1) is 31.8 Å². The number of carbonyl (C=O) groups excluding carboxylic acids is 4. The lowest BCUT2D eigenvalue weighted by molar-refractivity contribution is -0.130. The highest BCUT2D eigenvalue weighted by Gasteiger charge is 2.25. The van der Waals surface area contributed by atoms with Crippen LogP contribution in [0.15, 0.2) is 0 Å². The molecule has 3 amide bonds. The Labute approximate surface area is 390 Å². The van der Waals surface area contributed by atoms with E-state index in [2.05, 4.69) is 41.2 Å². The van der Waals surface area contributed by atoms with E-state index in [0.717, 1.165) is 64.2 Å². The fourth-order valence-corrected chi connectivity index (χ4v) is 8.68. The van der Waals surface area contributed by atoms with Crippen LogP contribution in [-0.2, 0) is 28.3 Å². The molecule has 0 saturated heterocycles. The molecule has 0 aliphatic carbocycles. The maximum Gasteiger partial charge on any atom is 0.469 e. The van der Waals surface area contributed by atoms with Crippen molar-refractivity contribution in [1.82, 2.24) is 16.0 Å². The average Bonchev–Trinajstić information content (AvgIpc) is 3.24. The van der Waals surface area contributed by atoms with Crippen molar-refractivity contribution >= 4 is 31.3 Å². The molecule has 0 saturated carbocycles. The molecule has 0 fully saturated rings. The van der Waals surface area contributed by atoms with Gasteiger partial charge in [-0.15, -0.1) is 0 Å². The summed E-state index contributed by atoms with van der Waals surface area (Å²) in [6.07, 6.45) is 33.5. The molecule has 64 heavy (non-hydrogen) atoms. The Morgan fingerprint density at radius 3 is 1.47 bits per heavy atom. The predicted octanol–water partition coefficient (Wildman–Crippen LogP) is 10.8. The number of ketones is 1. The number of amides is 3. The standard InChI is InChI=1S/C50H98N3O10P/c1-4-7-10-13-16-19-22-25-28-32-43(39-45(55)34-29-26-23-20-17-14-11-8-5-2)40-48(57)53-47(36-38-63-64(60,61)62)50(59)51-37-31-33-44(42-54)52-49(58)41-46(56)35-30-27-24-21-18-15-12-9-6-3/h43-44,46-47,54,56H,4-42H2,1-3H3,(H,51,59)(H,52,58)(H,53,57)(H2,60,61,62)/t43-,44?,46-,47?/m0/s1. The van der Waals surface area contributed by atoms with E-state index in [1.807, 2.05) is 0 Å². The summed E-state index contributed by atoms with van der Waals surface area (Å²) in [6.45, 7) is 6.02. The van der Waals surface area contributed by atoms with Crippen molar-refractivity contribution in [2.45, 2.75) is 270 Å². The summed E-state index contributed by atoms with van der Waals surface area (Å²) in [5, 5.41) is 28.6. The molecule has 0 radical (unpaired) electrons. The van der Waals surface area contributed by atoms with Gasteiger partial charge in [-0.05, 0) is 38.0 Å². The first kappa shape index (κ1) is 62.1. The van der Waals surface area contributed by atoms with Crippen molar-refractivity contribution in [1.29, 1.82) is 0 Å². The van der Waals surface area contributed by atoms with Gasteiger partial charge in [0.2, 0.25) is 17.7 Å². The van der Waals surface area contributed by atoms with Crippen LogP contribution in [0.1, 0.15) is 252 Å². The van der Waals surface area contributed by atoms with E-state index >= 15 is 0 Å². The third-order valence-electron chi connectivity index (χ3n) is 12.3. The highest BCUT2D eigenvalue weighted by atomic mass is 31.2. The van der Waals surface area contributed by atoms with Crippen molar-refractivity contribution in [3.63, 3.8) is 0 Å². The number of rotatable bonds is 48. The van der Waals surface area contributed by atoms with Crippen LogP contribution in [-0.4, -0.2) is 81.5 Å².